The molecule has 3 heterocycles. The number of anilines is 1. The SMILES string of the molecule is C[C@H]1[C@H]2C[C@@H](OC(=O)N[C@H](C(=O)N3CC(Oc4cc(NC5CC5)nc5c(Cl)c(OCCN6CCOCC6)ccc45)C[C@H]3C(N)=O)C(C)(C)C)C[C@@H]12. The van der Waals surface area contributed by atoms with Crippen molar-refractivity contribution in [2.24, 2.45) is 28.9 Å². The number of aromatic nitrogens is 1. The van der Waals surface area contributed by atoms with E-state index < -0.39 is 41.5 Å². The number of morpholine rings is 1. The van der Waals surface area contributed by atoms with Crippen LogP contribution in [0.15, 0.2) is 18.2 Å². The van der Waals surface area contributed by atoms with Crippen LogP contribution in [0.3, 0.4) is 0 Å². The number of amides is 3. The van der Waals surface area contributed by atoms with Crippen molar-refractivity contribution < 1.29 is 33.3 Å². The molecule has 1 aromatic carbocycles. The second-order valence-electron chi connectivity index (χ2n) is 16.0. The number of pyridine rings is 1. The Hall–Kier alpha value is -3.55. The lowest BCUT2D eigenvalue weighted by atomic mass is 9.85. The summed E-state index contributed by atoms with van der Waals surface area (Å²) < 4.78 is 23.9. The topological polar surface area (TPSA) is 158 Å². The standard InChI is InChI=1S/C37H51ClN6O7/c1-20-25-15-22(16-26(20)25)51-36(47)42-33(37(2,3)4)35(46)44-19-23(17-27(44)34(39)45)50-29-18-30(40-21-5-6-21)41-32-24(29)7-8-28(31(32)38)49-14-11-43-9-12-48-13-10-43/h7-8,18,20-23,25-27,33H,5-6,9-17,19H2,1-4H3,(H2,39,45)(H,40,41)(H,42,47)/t20-,22+,23?,25+,26-,27-,33+/m0/s1. The summed E-state index contributed by atoms with van der Waals surface area (Å²) in [7, 11) is 0. The Morgan fingerprint density at radius 3 is 2.47 bits per heavy atom. The van der Waals surface area contributed by atoms with Gasteiger partial charge in [0, 0.05) is 43.5 Å². The van der Waals surface area contributed by atoms with E-state index in [-0.39, 0.29) is 19.1 Å². The zero-order chi connectivity index (χ0) is 36.0. The number of nitrogens with zero attached hydrogens (tertiary/aromatic N) is 3. The lowest BCUT2D eigenvalue weighted by molar-refractivity contribution is -0.141. The largest absolute Gasteiger partial charge is 0.491 e. The van der Waals surface area contributed by atoms with Crippen LogP contribution in [0, 0.1) is 23.2 Å². The molecule has 2 aliphatic heterocycles. The van der Waals surface area contributed by atoms with E-state index in [0.29, 0.717) is 63.6 Å². The van der Waals surface area contributed by atoms with Crippen LogP contribution < -0.4 is 25.8 Å². The molecule has 4 N–H and O–H groups in total. The molecule has 5 fully saturated rings. The molecule has 3 saturated carbocycles. The van der Waals surface area contributed by atoms with Crippen molar-refractivity contribution >= 4 is 46.2 Å². The van der Waals surface area contributed by atoms with Crippen LogP contribution in [0.2, 0.25) is 5.02 Å². The molecule has 14 heteroatoms. The Balaban J connectivity index is 1.07. The van der Waals surface area contributed by atoms with E-state index in [2.05, 4.69) is 22.5 Å². The average Bonchev–Trinajstić information content (AvgIpc) is 3.88. The third-order valence-corrected chi connectivity index (χ3v) is 11.6. The number of benzene rings is 1. The lowest BCUT2D eigenvalue weighted by Gasteiger charge is -2.35. The fourth-order valence-electron chi connectivity index (χ4n) is 7.95. The minimum absolute atomic E-state index is 0.102. The zero-order valence-corrected chi connectivity index (χ0v) is 30.7. The lowest BCUT2D eigenvalue weighted by Crippen LogP contribution is -2.57. The molecular formula is C37H51ClN6O7. The van der Waals surface area contributed by atoms with Gasteiger partial charge < -0.3 is 40.2 Å². The van der Waals surface area contributed by atoms with Crippen LogP contribution in [0.1, 0.15) is 59.8 Å². The molecule has 2 saturated heterocycles. The van der Waals surface area contributed by atoms with Crippen molar-refractivity contribution in [2.45, 2.75) is 90.1 Å². The molecule has 51 heavy (non-hydrogen) atoms. The number of nitrogens with one attached hydrogen (secondary N) is 2. The van der Waals surface area contributed by atoms with Gasteiger partial charge in [-0.2, -0.15) is 0 Å². The number of hydrogen-bond acceptors (Lipinski definition) is 10. The van der Waals surface area contributed by atoms with Gasteiger partial charge in [0.2, 0.25) is 11.8 Å². The van der Waals surface area contributed by atoms with Crippen LogP contribution in [-0.4, -0.2) is 109 Å². The Morgan fingerprint density at radius 2 is 1.80 bits per heavy atom. The Morgan fingerprint density at radius 1 is 1.08 bits per heavy atom. The van der Waals surface area contributed by atoms with Gasteiger partial charge in [-0.15, -0.1) is 0 Å². The normalized spacial score (nSPS) is 28.2. The summed E-state index contributed by atoms with van der Waals surface area (Å²) in [5, 5.41) is 7.33. The van der Waals surface area contributed by atoms with Crippen LogP contribution in [0.4, 0.5) is 10.6 Å². The minimum atomic E-state index is -0.947. The maximum atomic E-state index is 14.2. The number of carbonyl (C=O) groups is 3. The van der Waals surface area contributed by atoms with E-state index in [1.54, 1.807) is 0 Å². The third-order valence-electron chi connectivity index (χ3n) is 11.2. The van der Waals surface area contributed by atoms with Gasteiger partial charge in [-0.3, -0.25) is 14.5 Å². The molecule has 7 rings (SSSR count). The fraction of sp³-hybridized carbons (Fsp3) is 0.676. The number of nitrogens with two attached hydrogens (primary N) is 1. The predicted molar refractivity (Wildman–Crippen MR) is 192 cm³/mol. The first-order chi connectivity index (χ1) is 24.4. The highest BCUT2D eigenvalue weighted by Crippen LogP contribution is 2.57. The molecule has 3 aliphatic carbocycles. The monoisotopic (exact) mass is 726 g/mol. The van der Waals surface area contributed by atoms with Crippen LogP contribution in [0.5, 0.6) is 11.5 Å². The van der Waals surface area contributed by atoms with Crippen LogP contribution >= 0.6 is 11.6 Å². The molecule has 13 nitrogen and oxygen atoms in total. The number of alkyl carbamates (subject to hydrolysis) is 1. The maximum Gasteiger partial charge on any atom is 0.408 e. The number of likely N-dealkylation sites (tertiary alicyclic amines) is 1. The second kappa shape index (κ2) is 14.5. The van der Waals surface area contributed by atoms with Crippen LogP contribution in [0.25, 0.3) is 10.9 Å². The molecule has 0 spiro atoms. The van der Waals surface area contributed by atoms with E-state index in [1.165, 1.54) is 4.90 Å². The number of carbonyl (C=O) groups excluding carboxylic acids is 3. The molecule has 7 atom stereocenters. The van der Waals surface area contributed by atoms with Gasteiger partial charge in [0.05, 0.1) is 25.3 Å². The summed E-state index contributed by atoms with van der Waals surface area (Å²) in [6, 6.07) is 3.99. The average molecular weight is 727 g/mol. The highest BCUT2D eigenvalue weighted by molar-refractivity contribution is 6.36. The quantitative estimate of drug-likeness (QED) is 0.290. The number of fused-ring (bicyclic) bond motifs is 2. The Labute approximate surface area is 304 Å². The first-order valence-corrected chi connectivity index (χ1v) is 18.8. The Bertz CT molecular complexity index is 1630. The van der Waals surface area contributed by atoms with Crippen molar-refractivity contribution in [1.29, 1.82) is 0 Å². The van der Waals surface area contributed by atoms with Gasteiger partial charge in [0.25, 0.3) is 0 Å². The summed E-state index contributed by atoms with van der Waals surface area (Å²) in [6.07, 6.45) is 2.68. The molecular weight excluding hydrogens is 676 g/mol. The minimum Gasteiger partial charge on any atom is -0.491 e. The number of rotatable bonds is 12. The van der Waals surface area contributed by atoms with Crippen molar-refractivity contribution in [3.63, 3.8) is 0 Å². The number of primary amides is 1. The predicted octanol–water partition coefficient (Wildman–Crippen LogP) is 4.19. The van der Waals surface area contributed by atoms with E-state index in [9.17, 15) is 14.4 Å². The number of halogens is 1. The summed E-state index contributed by atoms with van der Waals surface area (Å²) in [4.78, 5) is 48.6. The first-order valence-electron chi connectivity index (χ1n) is 18.4. The van der Waals surface area contributed by atoms with Gasteiger partial charge in [-0.05, 0) is 61.0 Å². The van der Waals surface area contributed by atoms with Gasteiger partial charge in [0.15, 0.2) is 0 Å². The second-order valence-corrected chi connectivity index (χ2v) is 16.4. The number of ether oxygens (including phenoxy) is 4. The fourth-order valence-corrected chi connectivity index (χ4v) is 8.21. The summed E-state index contributed by atoms with van der Waals surface area (Å²) in [5.74, 6) is 2.56. The van der Waals surface area contributed by atoms with Gasteiger partial charge in [-0.25, -0.2) is 9.78 Å². The summed E-state index contributed by atoms with van der Waals surface area (Å²) in [6.45, 7) is 12.3. The van der Waals surface area contributed by atoms with E-state index in [4.69, 9.17) is 41.3 Å². The summed E-state index contributed by atoms with van der Waals surface area (Å²) >= 11 is 6.93. The van der Waals surface area contributed by atoms with Gasteiger partial charge in [-0.1, -0.05) is 39.3 Å². The molecule has 1 aromatic heterocycles. The third kappa shape index (κ3) is 8.10. The van der Waals surface area contributed by atoms with E-state index >= 15 is 0 Å². The molecule has 0 radical (unpaired) electrons. The molecule has 1 unspecified atom stereocenters. The zero-order valence-electron chi connectivity index (χ0n) is 30.0. The highest BCUT2D eigenvalue weighted by Gasteiger charge is 2.54. The molecule has 2 aromatic rings. The van der Waals surface area contributed by atoms with E-state index in [1.807, 2.05) is 39.0 Å². The first kappa shape index (κ1) is 35.8. The molecule has 278 valence electrons. The van der Waals surface area contributed by atoms with Crippen molar-refractivity contribution in [1.82, 2.24) is 20.1 Å². The smallest absolute Gasteiger partial charge is 0.408 e. The number of hydrogen-bond donors (Lipinski definition) is 3. The van der Waals surface area contributed by atoms with Crippen LogP contribution in [-0.2, 0) is 19.1 Å². The summed E-state index contributed by atoms with van der Waals surface area (Å²) in [5.41, 5.74) is 5.73. The Kier molecular flexibility index (Phi) is 10.2. The van der Waals surface area contributed by atoms with E-state index in [0.717, 1.165) is 58.5 Å². The molecule has 5 aliphatic rings. The highest BCUT2D eigenvalue weighted by atomic mass is 35.5. The van der Waals surface area contributed by atoms with Crippen molar-refractivity contribution in [2.75, 3.05) is 51.3 Å². The molecule has 3 amide bonds. The van der Waals surface area contributed by atoms with Gasteiger partial charge in [0.1, 0.15) is 53.2 Å². The molecule has 0 bridgehead atoms. The maximum absolute atomic E-state index is 14.2. The van der Waals surface area contributed by atoms with Crippen molar-refractivity contribution in [3.05, 3.63) is 23.2 Å². The van der Waals surface area contributed by atoms with Gasteiger partial charge >= 0.3 is 6.09 Å². The van der Waals surface area contributed by atoms with Crippen molar-refractivity contribution in [3.8, 4) is 11.5 Å².